The predicted octanol–water partition coefficient (Wildman–Crippen LogP) is 2.85. The summed E-state index contributed by atoms with van der Waals surface area (Å²) in [7, 11) is -3.11. The van der Waals surface area contributed by atoms with E-state index in [1.807, 2.05) is 12.1 Å². The molecule has 1 aromatic rings. The molecule has 20 heavy (non-hydrogen) atoms. The Hall–Kier alpha value is -1.07. The van der Waals surface area contributed by atoms with E-state index in [1.54, 1.807) is 19.1 Å². The molecule has 2 rings (SSSR count). The number of ether oxygens (including phenoxy) is 1. The molecule has 112 valence electrons. The number of hydrogen-bond donors (Lipinski definition) is 1. The van der Waals surface area contributed by atoms with Crippen molar-refractivity contribution in [1.82, 2.24) is 0 Å². The molecule has 1 N–H and O–H groups in total. The van der Waals surface area contributed by atoms with Gasteiger partial charge in [-0.05, 0) is 51.0 Å². The Morgan fingerprint density at radius 3 is 2.45 bits per heavy atom. The highest BCUT2D eigenvalue weighted by molar-refractivity contribution is 7.91. The van der Waals surface area contributed by atoms with Gasteiger partial charge in [0, 0.05) is 12.2 Å². The van der Waals surface area contributed by atoms with E-state index in [2.05, 4.69) is 19.2 Å². The maximum Gasteiger partial charge on any atom is 0.178 e. The molecular formula is C15H23NO3S. The monoisotopic (exact) mass is 297 g/mol. The summed E-state index contributed by atoms with van der Waals surface area (Å²) in [4.78, 5) is 0.379. The normalized spacial score (nSPS) is 21.9. The first-order valence-corrected chi connectivity index (χ1v) is 8.72. The van der Waals surface area contributed by atoms with Crippen LogP contribution in [-0.2, 0) is 14.6 Å². The fraction of sp³-hybridized carbons (Fsp3) is 0.600. The lowest BCUT2D eigenvalue weighted by Gasteiger charge is -2.19. The highest BCUT2D eigenvalue weighted by Crippen LogP contribution is 2.29. The minimum atomic E-state index is -3.11. The van der Waals surface area contributed by atoms with Crippen LogP contribution < -0.4 is 5.32 Å². The lowest BCUT2D eigenvalue weighted by molar-refractivity contribution is -0.00911. The Morgan fingerprint density at radius 1 is 1.30 bits per heavy atom. The molecule has 0 saturated carbocycles. The van der Waals surface area contributed by atoms with E-state index in [9.17, 15) is 8.42 Å². The minimum Gasteiger partial charge on any atom is -0.382 e. The molecule has 1 saturated heterocycles. The first-order valence-electron chi connectivity index (χ1n) is 7.07. The van der Waals surface area contributed by atoms with Crippen LogP contribution in [-0.4, -0.2) is 32.4 Å². The Morgan fingerprint density at radius 2 is 1.95 bits per heavy atom. The smallest absolute Gasteiger partial charge is 0.178 e. The van der Waals surface area contributed by atoms with E-state index in [4.69, 9.17) is 4.74 Å². The summed E-state index contributed by atoms with van der Waals surface area (Å²) in [5.41, 5.74) is 0.902. The zero-order valence-corrected chi connectivity index (χ0v) is 13.2. The van der Waals surface area contributed by atoms with Gasteiger partial charge in [-0.15, -0.1) is 0 Å². The third kappa shape index (κ3) is 3.73. The molecule has 1 aromatic carbocycles. The van der Waals surface area contributed by atoms with E-state index in [0.29, 0.717) is 4.90 Å². The molecule has 1 aliphatic heterocycles. The molecule has 1 fully saturated rings. The zero-order valence-electron chi connectivity index (χ0n) is 12.3. The lowest BCUT2D eigenvalue weighted by Crippen LogP contribution is -2.24. The van der Waals surface area contributed by atoms with Crippen LogP contribution in [0.4, 0.5) is 5.69 Å². The van der Waals surface area contributed by atoms with Crippen LogP contribution in [0.5, 0.6) is 0 Å². The predicted molar refractivity (Wildman–Crippen MR) is 80.8 cm³/mol. The van der Waals surface area contributed by atoms with E-state index >= 15 is 0 Å². The Kier molecular flexibility index (Phi) is 4.39. The molecule has 0 bridgehead atoms. The molecule has 1 unspecified atom stereocenters. The van der Waals surface area contributed by atoms with Gasteiger partial charge in [0.25, 0.3) is 0 Å². The maximum absolute atomic E-state index is 11.7. The molecule has 0 amide bonds. The largest absolute Gasteiger partial charge is 0.382 e. The topological polar surface area (TPSA) is 55.4 Å². The third-order valence-electron chi connectivity index (χ3n) is 3.68. The average molecular weight is 297 g/mol. The molecule has 0 radical (unpaired) electrons. The first-order chi connectivity index (χ1) is 9.32. The molecule has 0 aromatic heterocycles. The number of benzene rings is 1. The van der Waals surface area contributed by atoms with Crippen LogP contribution in [0.1, 0.15) is 33.6 Å². The minimum absolute atomic E-state index is 0.0224. The van der Waals surface area contributed by atoms with E-state index in [-0.39, 0.29) is 17.5 Å². The molecule has 0 aliphatic carbocycles. The van der Waals surface area contributed by atoms with Gasteiger partial charge in [-0.25, -0.2) is 8.42 Å². The summed E-state index contributed by atoms with van der Waals surface area (Å²) in [6, 6.07) is 6.92. The summed E-state index contributed by atoms with van der Waals surface area (Å²) in [5.74, 6) is 0.130. The molecule has 4 nitrogen and oxygen atoms in total. The van der Waals surface area contributed by atoms with Crippen molar-refractivity contribution in [1.29, 1.82) is 0 Å². The first kappa shape index (κ1) is 15.3. The summed E-state index contributed by atoms with van der Waals surface area (Å²) >= 11 is 0. The van der Waals surface area contributed by atoms with Crippen molar-refractivity contribution in [2.24, 2.45) is 0 Å². The van der Waals surface area contributed by atoms with E-state index in [1.165, 1.54) is 0 Å². The number of rotatable bonds is 5. The maximum atomic E-state index is 11.7. The highest BCUT2D eigenvalue weighted by Gasteiger charge is 2.31. The molecular weight excluding hydrogens is 274 g/mol. The molecule has 1 aliphatic rings. The summed E-state index contributed by atoms with van der Waals surface area (Å²) in [5, 5.41) is 3.30. The van der Waals surface area contributed by atoms with E-state index in [0.717, 1.165) is 25.1 Å². The van der Waals surface area contributed by atoms with Gasteiger partial charge in [-0.3, -0.25) is 0 Å². The molecule has 1 heterocycles. The van der Waals surface area contributed by atoms with Crippen molar-refractivity contribution in [3.05, 3.63) is 24.3 Å². The van der Waals surface area contributed by atoms with Crippen LogP contribution in [0, 0.1) is 0 Å². The Balaban J connectivity index is 1.92. The van der Waals surface area contributed by atoms with Gasteiger partial charge in [0.1, 0.15) is 0 Å². The van der Waals surface area contributed by atoms with Crippen LogP contribution in [0.3, 0.4) is 0 Å². The SMILES string of the molecule is CCS(=O)(=O)c1ccc(NCC2CCC(C)(C)O2)cc1. The fourth-order valence-corrected chi connectivity index (χ4v) is 3.28. The van der Waals surface area contributed by atoms with Gasteiger partial charge in [0.05, 0.1) is 22.4 Å². The summed E-state index contributed by atoms with van der Waals surface area (Å²) in [6.07, 6.45) is 2.36. The fourth-order valence-electron chi connectivity index (χ4n) is 2.40. The summed E-state index contributed by atoms with van der Waals surface area (Å²) in [6.45, 7) is 6.62. The Bertz CT molecular complexity index is 549. The average Bonchev–Trinajstić information content (AvgIpc) is 2.76. The van der Waals surface area contributed by atoms with Gasteiger partial charge in [0.2, 0.25) is 0 Å². The highest BCUT2D eigenvalue weighted by atomic mass is 32.2. The van der Waals surface area contributed by atoms with Gasteiger partial charge in [0.15, 0.2) is 9.84 Å². The molecule has 1 atom stereocenters. The van der Waals surface area contributed by atoms with Crippen molar-refractivity contribution in [3.63, 3.8) is 0 Å². The van der Waals surface area contributed by atoms with Crippen molar-refractivity contribution in [2.75, 3.05) is 17.6 Å². The van der Waals surface area contributed by atoms with Crippen molar-refractivity contribution in [3.8, 4) is 0 Å². The van der Waals surface area contributed by atoms with E-state index < -0.39 is 9.84 Å². The number of hydrogen-bond acceptors (Lipinski definition) is 4. The van der Waals surface area contributed by atoms with Gasteiger partial charge < -0.3 is 10.1 Å². The molecule has 0 spiro atoms. The lowest BCUT2D eigenvalue weighted by atomic mass is 10.1. The van der Waals surface area contributed by atoms with Crippen LogP contribution >= 0.6 is 0 Å². The Labute approximate surface area is 121 Å². The standard InChI is InChI=1S/C15H23NO3S/c1-4-20(17,18)14-7-5-12(6-8-14)16-11-13-9-10-15(2,3)19-13/h5-8,13,16H,4,9-11H2,1-3H3. The van der Waals surface area contributed by atoms with Crippen LogP contribution in [0.2, 0.25) is 0 Å². The number of sulfone groups is 1. The van der Waals surface area contributed by atoms with Crippen LogP contribution in [0.25, 0.3) is 0 Å². The van der Waals surface area contributed by atoms with Gasteiger partial charge in [-0.1, -0.05) is 6.92 Å². The summed E-state index contributed by atoms with van der Waals surface area (Å²) < 4.78 is 29.3. The number of anilines is 1. The van der Waals surface area contributed by atoms with Crippen molar-refractivity contribution >= 4 is 15.5 Å². The van der Waals surface area contributed by atoms with Crippen molar-refractivity contribution in [2.45, 2.75) is 50.2 Å². The number of nitrogens with one attached hydrogen (secondary N) is 1. The van der Waals surface area contributed by atoms with Crippen molar-refractivity contribution < 1.29 is 13.2 Å². The second-order valence-corrected chi connectivity index (χ2v) is 8.13. The van der Waals surface area contributed by atoms with Crippen LogP contribution in [0.15, 0.2) is 29.2 Å². The second-order valence-electron chi connectivity index (χ2n) is 5.85. The third-order valence-corrected chi connectivity index (χ3v) is 5.43. The zero-order chi connectivity index (χ0) is 14.8. The quantitative estimate of drug-likeness (QED) is 0.908. The van der Waals surface area contributed by atoms with Gasteiger partial charge >= 0.3 is 0 Å². The molecule has 5 heteroatoms. The van der Waals surface area contributed by atoms with Gasteiger partial charge in [-0.2, -0.15) is 0 Å². The second kappa shape index (κ2) is 5.74.